The summed E-state index contributed by atoms with van der Waals surface area (Å²) in [7, 11) is 4.24. The van der Waals surface area contributed by atoms with Gasteiger partial charge >= 0.3 is 0 Å². The van der Waals surface area contributed by atoms with Crippen molar-refractivity contribution < 1.29 is 0 Å². The van der Waals surface area contributed by atoms with Gasteiger partial charge in [-0.3, -0.25) is 0 Å². The molecule has 3 heteroatoms. The second-order valence-electron chi connectivity index (χ2n) is 5.86. The van der Waals surface area contributed by atoms with Gasteiger partial charge < -0.3 is 14.8 Å². The van der Waals surface area contributed by atoms with Crippen molar-refractivity contribution in [3.8, 4) is 0 Å². The average Bonchev–Trinajstić information content (AvgIpc) is 2.92. The molecule has 2 aromatic rings. The molecule has 0 amide bonds. The first-order valence-corrected chi connectivity index (χ1v) is 7.76. The van der Waals surface area contributed by atoms with E-state index in [2.05, 4.69) is 84.6 Å². The van der Waals surface area contributed by atoms with Gasteiger partial charge in [0.15, 0.2) is 0 Å². The van der Waals surface area contributed by atoms with Gasteiger partial charge in [0.1, 0.15) is 0 Å². The molecule has 0 aliphatic rings. The van der Waals surface area contributed by atoms with Crippen molar-refractivity contribution in [2.45, 2.75) is 32.5 Å². The average molecular weight is 285 g/mol. The zero-order valence-corrected chi connectivity index (χ0v) is 13.4. The standard InChI is InChI=1S/C18H27N3/c1-4-11-21-12-10-16(14-21)13-19-18(15-20(2)3)17-8-6-5-7-9-17/h5-10,12,14,18-19H,4,11,13,15H2,1-3H3. The van der Waals surface area contributed by atoms with Crippen LogP contribution in [0.25, 0.3) is 0 Å². The predicted molar refractivity (Wildman–Crippen MR) is 89.3 cm³/mol. The molecule has 0 spiro atoms. The lowest BCUT2D eigenvalue weighted by atomic mass is 10.1. The number of likely N-dealkylation sites (N-methyl/N-ethyl adjacent to an activating group) is 1. The molecule has 3 nitrogen and oxygen atoms in total. The third-order valence-electron chi connectivity index (χ3n) is 3.60. The van der Waals surface area contributed by atoms with Crippen LogP contribution in [0.4, 0.5) is 0 Å². The van der Waals surface area contributed by atoms with Crippen molar-refractivity contribution in [2.24, 2.45) is 0 Å². The van der Waals surface area contributed by atoms with Gasteiger partial charge in [-0.1, -0.05) is 37.3 Å². The summed E-state index contributed by atoms with van der Waals surface area (Å²) in [4.78, 5) is 2.23. The Kier molecular flexibility index (Phi) is 6.03. The number of aromatic nitrogens is 1. The summed E-state index contributed by atoms with van der Waals surface area (Å²) in [5.41, 5.74) is 2.70. The number of rotatable bonds is 8. The fourth-order valence-electron chi connectivity index (χ4n) is 2.57. The minimum atomic E-state index is 0.357. The monoisotopic (exact) mass is 285 g/mol. The molecule has 1 aromatic carbocycles. The second-order valence-corrected chi connectivity index (χ2v) is 5.86. The first kappa shape index (κ1) is 15.8. The Morgan fingerprint density at radius 3 is 2.57 bits per heavy atom. The van der Waals surface area contributed by atoms with Gasteiger partial charge in [0.05, 0.1) is 0 Å². The number of hydrogen-bond acceptors (Lipinski definition) is 2. The molecule has 0 fully saturated rings. The molecule has 114 valence electrons. The third kappa shape index (κ3) is 5.03. The lowest BCUT2D eigenvalue weighted by Crippen LogP contribution is -2.30. The van der Waals surface area contributed by atoms with Crippen LogP contribution in [-0.2, 0) is 13.1 Å². The van der Waals surface area contributed by atoms with Crippen LogP contribution in [0.15, 0.2) is 48.8 Å². The van der Waals surface area contributed by atoms with Crippen LogP contribution >= 0.6 is 0 Å². The lowest BCUT2D eigenvalue weighted by Gasteiger charge is -2.22. The molecule has 0 bridgehead atoms. The summed E-state index contributed by atoms with van der Waals surface area (Å²) in [5.74, 6) is 0. The molecular weight excluding hydrogens is 258 g/mol. The fraction of sp³-hybridized carbons (Fsp3) is 0.444. The van der Waals surface area contributed by atoms with E-state index in [9.17, 15) is 0 Å². The summed E-state index contributed by atoms with van der Waals surface area (Å²) in [6, 6.07) is 13.2. The Balaban J connectivity index is 1.98. The minimum absolute atomic E-state index is 0.357. The van der Waals surface area contributed by atoms with E-state index < -0.39 is 0 Å². The van der Waals surface area contributed by atoms with E-state index in [1.54, 1.807) is 0 Å². The number of hydrogen-bond donors (Lipinski definition) is 1. The van der Waals surface area contributed by atoms with Crippen molar-refractivity contribution in [1.29, 1.82) is 0 Å². The van der Waals surface area contributed by atoms with Gasteiger partial charge in [0, 0.05) is 38.1 Å². The summed E-state index contributed by atoms with van der Waals surface area (Å²) in [5, 5.41) is 3.68. The van der Waals surface area contributed by atoms with E-state index in [4.69, 9.17) is 0 Å². The molecule has 1 N–H and O–H groups in total. The van der Waals surface area contributed by atoms with Gasteiger partial charge in [0.2, 0.25) is 0 Å². The molecule has 0 saturated heterocycles. The first-order valence-electron chi connectivity index (χ1n) is 7.76. The molecular formula is C18H27N3. The smallest absolute Gasteiger partial charge is 0.0451 e. The fourth-order valence-corrected chi connectivity index (χ4v) is 2.57. The topological polar surface area (TPSA) is 20.2 Å². The van der Waals surface area contributed by atoms with E-state index in [0.717, 1.165) is 19.6 Å². The Bertz CT molecular complexity index is 516. The molecule has 1 unspecified atom stereocenters. The van der Waals surface area contributed by atoms with Crippen LogP contribution in [0.2, 0.25) is 0 Å². The van der Waals surface area contributed by atoms with Crippen LogP contribution < -0.4 is 5.32 Å². The van der Waals surface area contributed by atoms with E-state index in [1.807, 2.05) is 0 Å². The highest BCUT2D eigenvalue weighted by Gasteiger charge is 2.11. The SMILES string of the molecule is CCCn1ccc(CNC(CN(C)C)c2ccccc2)c1. The van der Waals surface area contributed by atoms with Crippen molar-refractivity contribution in [3.63, 3.8) is 0 Å². The van der Waals surface area contributed by atoms with Crippen molar-refractivity contribution in [2.75, 3.05) is 20.6 Å². The summed E-state index contributed by atoms with van der Waals surface area (Å²) >= 11 is 0. The van der Waals surface area contributed by atoms with Gasteiger partial charge in [-0.05, 0) is 37.7 Å². The quantitative estimate of drug-likeness (QED) is 0.803. The zero-order chi connectivity index (χ0) is 15.1. The summed E-state index contributed by atoms with van der Waals surface area (Å²) in [6.07, 6.45) is 5.59. The van der Waals surface area contributed by atoms with E-state index in [1.165, 1.54) is 17.5 Å². The number of nitrogens with zero attached hydrogens (tertiary/aromatic N) is 2. The highest BCUT2D eigenvalue weighted by Crippen LogP contribution is 2.14. The molecule has 21 heavy (non-hydrogen) atoms. The largest absolute Gasteiger partial charge is 0.354 e. The van der Waals surface area contributed by atoms with Crippen LogP contribution in [0.5, 0.6) is 0 Å². The molecule has 1 heterocycles. The second kappa shape index (κ2) is 8.01. The maximum Gasteiger partial charge on any atom is 0.0451 e. The Labute approximate surface area is 128 Å². The molecule has 0 aliphatic heterocycles. The molecule has 0 radical (unpaired) electrons. The number of nitrogens with one attached hydrogen (secondary N) is 1. The minimum Gasteiger partial charge on any atom is -0.354 e. The Morgan fingerprint density at radius 2 is 1.90 bits per heavy atom. The molecule has 1 atom stereocenters. The van der Waals surface area contributed by atoms with Gasteiger partial charge in [0.25, 0.3) is 0 Å². The Morgan fingerprint density at radius 1 is 1.14 bits per heavy atom. The normalized spacial score (nSPS) is 12.8. The van der Waals surface area contributed by atoms with Crippen LogP contribution in [0.3, 0.4) is 0 Å². The maximum atomic E-state index is 3.68. The van der Waals surface area contributed by atoms with E-state index in [0.29, 0.717) is 6.04 Å². The summed E-state index contributed by atoms with van der Waals surface area (Å²) < 4.78 is 2.26. The first-order chi connectivity index (χ1) is 10.2. The summed E-state index contributed by atoms with van der Waals surface area (Å²) in [6.45, 7) is 5.21. The highest BCUT2D eigenvalue weighted by molar-refractivity contribution is 5.20. The van der Waals surface area contributed by atoms with Crippen molar-refractivity contribution in [1.82, 2.24) is 14.8 Å². The molecule has 1 aromatic heterocycles. The van der Waals surface area contributed by atoms with Gasteiger partial charge in [-0.15, -0.1) is 0 Å². The van der Waals surface area contributed by atoms with Crippen molar-refractivity contribution in [3.05, 3.63) is 59.9 Å². The van der Waals surface area contributed by atoms with Crippen LogP contribution in [0, 0.1) is 0 Å². The molecule has 0 aliphatic carbocycles. The zero-order valence-electron chi connectivity index (χ0n) is 13.4. The van der Waals surface area contributed by atoms with E-state index in [-0.39, 0.29) is 0 Å². The lowest BCUT2D eigenvalue weighted by molar-refractivity contribution is 0.340. The Hall–Kier alpha value is -1.58. The maximum absolute atomic E-state index is 3.68. The van der Waals surface area contributed by atoms with Crippen LogP contribution in [-0.4, -0.2) is 30.1 Å². The van der Waals surface area contributed by atoms with Crippen LogP contribution in [0.1, 0.15) is 30.5 Å². The number of benzene rings is 1. The molecule has 0 saturated carbocycles. The van der Waals surface area contributed by atoms with Gasteiger partial charge in [-0.25, -0.2) is 0 Å². The van der Waals surface area contributed by atoms with Gasteiger partial charge in [-0.2, -0.15) is 0 Å². The van der Waals surface area contributed by atoms with Crippen molar-refractivity contribution >= 4 is 0 Å². The predicted octanol–water partition coefficient (Wildman–Crippen LogP) is 3.29. The van der Waals surface area contributed by atoms with E-state index >= 15 is 0 Å². The third-order valence-corrected chi connectivity index (χ3v) is 3.60. The highest BCUT2D eigenvalue weighted by atomic mass is 15.1. The number of aryl methyl sites for hydroxylation is 1. The molecule has 2 rings (SSSR count).